The molecule has 0 saturated carbocycles. The molecule has 1 aromatic carbocycles. The summed E-state index contributed by atoms with van der Waals surface area (Å²) in [7, 11) is 3.98. The summed E-state index contributed by atoms with van der Waals surface area (Å²) in [6, 6.07) is 8.27. The lowest BCUT2D eigenvalue weighted by molar-refractivity contribution is 0.688. The molecular weight excluding hydrogens is 174 g/mol. The van der Waals surface area contributed by atoms with Gasteiger partial charge in [0, 0.05) is 31.1 Å². The Morgan fingerprint density at radius 1 is 1.36 bits per heavy atom. The summed E-state index contributed by atoms with van der Waals surface area (Å²) in [6.07, 6.45) is 1.02. The van der Waals surface area contributed by atoms with E-state index < -0.39 is 0 Å². The van der Waals surface area contributed by atoms with Gasteiger partial charge in [-0.25, -0.2) is 0 Å². The van der Waals surface area contributed by atoms with E-state index in [1.807, 2.05) is 24.8 Å². The van der Waals surface area contributed by atoms with Crippen molar-refractivity contribution in [3.8, 4) is 0 Å². The molecule has 3 heteroatoms. The topological polar surface area (TPSA) is 29.9 Å². The Morgan fingerprint density at radius 3 is 2.93 bits per heavy atom. The third-order valence-electron chi connectivity index (χ3n) is 2.48. The van der Waals surface area contributed by atoms with Crippen LogP contribution in [0.2, 0.25) is 0 Å². The van der Waals surface area contributed by atoms with Crippen LogP contribution in [0.15, 0.2) is 24.3 Å². The second kappa shape index (κ2) is 3.80. The summed E-state index contributed by atoms with van der Waals surface area (Å²) in [5.74, 6) is 0. The minimum atomic E-state index is 0.990. The molecule has 1 N–H and O–H groups in total. The molecule has 0 saturated heterocycles. The van der Waals surface area contributed by atoms with Gasteiger partial charge >= 0.3 is 0 Å². The molecule has 0 bridgehead atoms. The summed E-state index contributed by atoms with van der Waals surface area (Å²) in [5.41, 5.74) is 2.39. The number of benzene rings is 1. The molecule has 0 atom stereocenters. The maximum atomic E-state index is 4.45. The second-order valence-electron chi connectivity index (χ2n) is 3.44. The Morgan fingerprint density at radius 2 is 2.14 bits per heavy atom. The maximum Gasteiger partial charge on any atom is 0.0926 e. The SMILES string of the molecule is CNCCc1c2ccccc2nn1C. The number of fused-ring (bicyclic) bond motifs is 1. The van der Waals surface area contributed by atoms with E-state index in [0.29, 0.717) is 0 Å². The molecule has 0 aliphatic heterocycles. The Bertz CT molecular complexity index is 431. The summed E-state index contributed by atoms with van der Waals surface area (Å²) in [6.45, 7) is 0.990. The third kappa shape index (κ3) is 1.51. The van der Waals surface area contributed by atoms with E-state index >= 15 is 0 Å². The fourth-order valence-corrected chi connectivity index (χ4v) is 1.74. The average Bonchev–Trinajstić information content (AvgIpc) is 2.51. The third-order valence-corrected chi connectivity index (χ3v) is 2.48. The molecule has 0 aliphatic carbocycles. The number of likely N-dealkylation sites (N-methyl/N-ethyl adjacent to an activating group) is 1. The molecule has 14 heavy (non-hydrogen) atoms. The summed E-state index contributed by atoms with van der Waals surface area (Å²) >= 11 is 0. The summed E-state index contributed by atoms with van der Waals surface area (Å²) in [5, 5.41) is 8.88. The van der Waals surface area contributed by atoms with Crippen LogP contribution in [0.1, 0.15) is 5.69 Å². The zero-order chi connectivity index (χ0) is 9.97. The van der Waals surface area contributed by atoms with Gasteiger partial charge in [0.25, 0.3) is 0 Å². The molecule has 0 aliphatic rings. The minimum absolute atomic E-state index is 0.990. The largest absolute Gasteiger partial charge is 0.319 e. The molecule has 0 amide bonds. The first-order valence-corrected chi connectivity index (χ1v) is 4.88. The number of hydrogen-bond acceptors (Lipinski definition) is 2. The van der Waals surface area contributed by atoms with E-state index in [1.165, 1.54) is 11.1 Å². The number of nitrogens with zero attached hydrogens (tertiary/aromatic N) is 2. The lowest BCUT2D eigenvalue weighted by atomic mass is 10.1. The molecule has 1 aromatic heterocycles. The molecule has 1 heterocycles. The van der Waals surface area contributed by atoms with E-state index in [4.69, 9.17) is 0 Å². The lowest BCUT2D eigenvalue weighted by Crippen LogP contribution is -2.12. The van der Waals surface area contributed by atoms with Crippen molar-refractivity contribution in [2.75, 3.05) is 13.6 Å². The summed E-state index contributed by atoms with van der Waals surface area (Å²) in [4.78, 5) is 0. The Balaban J connectivity index is 2.45. The fourth-order valence-electron chi connectivity index (χ4n) is 1.74. The second-order valence-corrected chi connectivity index (χ2v) is 3.44. The van der Waals surface area contributed by atoms with Crippen molar-refractivity contribution in [1.82, 2.24) is 15.1 Å². The van der Waals surface area contributed by atoms with Gasteiger partial charge in [0.1, 0.15) is 0 Å². The molecule has 2 rings (SSSR count). The molecule has 74 valence electrons. The van der Waals surface area contributed by atoms with Crippen LogP contribution in [-0.4, -0.2) is 23.4 Å². The van der Waals surface area contributed by atoms with Crippen LogP contribution in [0.3, 0.4) is 0 Å². The first kappa shape index (κ1) is 9.21. The van der Waals surface area contributed by atoms with Crippen molar-refractivity contribution in [2.24, 2.45) is 7.05 Å². The van der Waals surface area contributed by atoms with Gasteiger partial charge in [-0.05, 0) is 13.1 Å². The van der Waals surface area contributed by atoms with Gasteiger partial charge in [-0.1, -0.05) is 18.2 Å². The van der Waals surface area contributed by atoms with Crippen LogP contribution in [0.4, 0.5) is 0 Å². The van der Waals surface area contributed by atoms with Crippen LogP contribution in [0.5, 0.6) is 0 Å². The van der Waals surface area contributed by atoms with E-state index in [-0.39, 0.29) is 0 Å². The minimum Gasteiger partial charge on any atom is -0.319 e. The maximum absolute atomic E-state index is 4.45. The Hall–Kier alpha value is -1.35. The standard InChI is InChI=1S/C11H15N3/c1-12-8-7-11-9-5-3-4-6-10(9)13-14(11)2/h3-6,12H,7-8H2,1-2H3. The summed E-state index contributed by atoms with van der Waals surface area (Å²) < 4.78 is 1.97. The highest BCUT2D eigenvalue weighted by Gasteiger charge is 2.06. The van der Waals surface area contributed by atoms with E-state index in [9.17, 15) is 0 Å². The van der Waals surface area contributed by atoms with E-state index in [0.717, 1.165) is 18.5 Å². The normalized spacial score (nSPS) is 11.0. The predicted molar refractivity (Wildman–Crippen MR) is 58.3 cm³/mol. The van der Waals surface area contributed by atoms with Gasteiger partial charge in [-0.2, -0.15) is 5.10 Å². The zero-order valence-corrected chi connectivity index (χ0v) is 8.62. The number of aryl methyl sites for hydroxylation is 1. The first-order valence-electron chi connectivity index (χ1n) is 4.88. The van der Waals surface area contributed by atoms with Crippen molar-refractivity contribution in [1.29, 1.82) is 0 Å². The highest BCUT2D eigenvalue weighted by atomic mass is 15.3. The molecule has 3 nitrogen and oxygen atoms in total. The highest BCUT2D eigenvalue weighted by Crippen LogP contribution is 2.17. The predicted octanol–water partition coefficient (Wildman–Crippen LogP) is 1.34. The number of nitrogens with one attached hydrogen (secondary N) is 1. The van der Waals surface area contributed by atoms with Crippen LogP contribution in [0, 0.1) is 0 Å². The fraction of sp³-hybridized carbons (Fsp3) is 0.364. The molecule has 0 radical (unpaired) electrons. The quantitative estimate of drug-likeness (QED) is 0.789. The molecular formula is C11H15N3. The van der Waals surface area contributed by atoms with Gasteiger partial charge in [0.2, 0.25) is 0 Å². The van der Waals surface area contributed by atoms with Gasteiger partial charge < -0.3 is 5.32 Å². The highest BCUT2D eigenvalue weighted by molar-refractivity contribution is 5.81. The van der Waals surface area contributed by atoms with Gasteiger partial charge in [0.15, 0.2) is 0 Å². The van der Waals surface area contributed by atoms with Crippen molar-refractivity contribution < 1.29 is 0 Å². The van der Waals surface area contributed by atoms with Crippen molar-refractivity contribution >= 4 is 10.9 Å². The van der Waals surface area contributed by atoms with Crippen molar-refractivity contribution in [3.63, 3.8) is 0 Å². The smallest absolute Gasteiger partial charge is 0.0926 e. The van der Waals surface area contributed by atoms with Crippen LogP contribution in [0.25, 0.3) is 10.9 Å². The average molecular weight is 189 g/mol. The van der Waals surface area contributed by atoms with Gasteiger partial charge in [-0.15, -0.1) is 0 Å². The zero-order valence-electron chi connectivity index (χ0n) is 8.62. The Labute approximate surface area is 83.7 Å². The van der Waals surface area contributed by atoms with E-state index in [2.05, 4.69) is 28.6 Å². The number of aromatic nitrogens is 2. The Kier molecular flexibility index (Phi) is 2.50. The molecule has 0 spiro atoms. The molecule has 0 unspecified atom stereocenters. The molecule has 0 fully saturated rings. The number of hydrogen-bond donors (Lipinski definition) is 1. The monoisotopic (exact) mass is 189 g/mol. The van der Waals surface area contributed by atoms with Crippen molar-refractivity contribution in [2.45, 2.75) is 6.42 Å². The number of rotatable bonds is 3. The van der Waals surface area contributed by atoms with Crippen molar-refractivity contribution in [3.05, 3.63) is 30.0 Å². The van der Waals surface area contributed by atoms with Crippen LogP contribution in [-0.2, 0) is 13.5 Å². The van der Waals surface area contributed by atoms with E-state index in [1.54, 1.807) is 0 Å². The van der Waals surface area contributed by atoms with Crippen LogP contribution < -0.4 is 5.32 Å². The van der Waals surface area contributed by atoms with Gasteiger partial charge in [-0.3, -0.25) is 4.68 Å². The lowest BCUT2D eigenvalue weighted by Gasteiger charge is -2.01. The first-order chi connectivity index (χ1) is 6.83. The molecule has 2 aromatic rings. The van der Waals surface area contributed by atoms with Gasteiger partial charge in [0.05, 0.1) is 5.52 Å². The van der Waals surface area contributed by atoms with Crippen LogP contribution >= 0.6 is 0 Å².